The Kier molecular flexibility index (Phi) is 12.9. The summed E-state index contributed by atoms with van der Waals surface area (Å²) in [6.45, 7) is 17.0. The molecular weight excluding hydrogens is 532 g/mol. The molecule has 4 aliphatic carbocycles. The minimum Gasteiger partial charge on any atom is -0.446 e. The van der Waals surface area contributed by atoms with E-state index in [1.807, 2.05) is 4.90 Å². The molecule has 5 N–H and O–H groups in total. The first-order chi connectivity index (χ1) is 20.6. The smallest absolute Gasteiger partial charge is 0.410 e. The second-order valence-electron chi connectivity index (χ2n) is 15.9. The number of rotatable bonds is 16. The number of fused-ring (bicyclic) bond motifs is 5. The van der Waals surface area contributed by atoms with E-state index in [0.717, 1.165) is 93.7 Å². The number of nitrogens with two attached hydrogens (primary N) is 2. The predicted molar refractivity (Wildman–Crippen MR) is 180 cm³/mol. The molecule has 0 bridgehead atoms. The molecule has 43 heavy (non-hydrogen) atoms. The van der Waals surface area contributed by atoms with Gasteiger partial charge in [0, 0.05) is 26.1 Å². The van der Waals surface area contributed by atoms with E-state index < -0.39 is 0 Å². The molecule has 4 aliphatic rings. The van der Waals surface area contributed by atoms with Crippen LogP contribution in [0.15, 0.2) is 11.6 Å². The summed E-state index contributed by atoms with van der Waals surface area (Å²) in [5.41, 5.74) is 13.8. The number of hydrogen-bond donors (Lipinski definition) is 3. The average molecular weight is 601 g/mol. The van der Waals surface area contributed by atoms with Crippen molar-refractivity contribution in [3.05, 3.63) is 11.6 Å². The first-order valence-electron chi connectivity index (χ1n) is 18.4. The molecular formula is C37H68N4O2. The van der Waals surface area contributed by atoms with Gasteiger partial charge in [0.05, 0.1) is 0 Å². The number of amides is 1. The van der Waals surface area contributed by atoms with Gasteiger partial charge in [0.2, 0.25) is 0 Å². The first-order valence-corrected chi connectivity index (χ1v) is 18.4. The van der Waals surface area contributed by atoms with Gasteiger partial charge in [0.1, 0.15) is 6.10 Å². The fourth-order valence-corrected chi connectivity index (χ4v) is 10.3. The number of nitrogens with zero attached hydrogens (tertiary/aromatic N) is 1. The van der Waals surface area contributed by atoms with Crippen LogP contribution < -0.4 is 16.8 Å². The number of ether oxygens (including phenoxy) is 1. The molecule has 0 radical (unpaired) electrons. The van der Waals surface area contributed by atoms with Crippen LogP contribution in [-0.2, 0) is 4.74 Å². The summed E-state index contributed by atoms with van der Waals surface area (Å²) >= 11 is 0. The van der Waals surface area contributed by atoms with Crippen LogP contribution in [0, 0.1) is 46.3 Å². The standard InChI is InChI=1S/C37H68N4O2/c1-27(2)10-8-11-28(3)32-14-15-33-31-13-12-29-26-30(16-18-36(29,4)34(31)17-19-37(32,33)5)43-35(42)41(25-21-39)24-7-6-22-40-23-9-20-38/h12,27-28,30-34,40H,6-11,13-26,38-39H2,1-5H3. The third-order valence-corrected chi connectivity index (χ3v) is 12.8. The van der Waals surface area contributed by atoms with Crippen molar-refractivity contribution in [2.75, 3.05) is 39.3 Å². The normalized spacial score (nSPS) is 34.2. The third kappa shape index (κ3) is 8.19. The molecule has 8 atom stereocenters. The highest BCUT2D eigenvalue weighted by molar-refractivity contribution is 5.67. The van der Waals surface area contributed by atoms with Gasteiger partial charge in [0.15, 0.2) is 0 Å². The van der Waals surface area contributed by atoms with Gasteiger partial charge in [-0.15, -0.1) is 0 Å². The third-order valence-electron chi connectivity index (χ3n) is 12.8. The lowest BCUT2D eigenvalue weighted by Crippen LogP contribution is -2.51. The fourth-order valence-electron chi connectivity index (χ4n) is 10.3. The maximum absolute atomic E-state index is 13.2. The molecule has 8 unspecified atom stereocenters. The van der Waals surface area contributed by atoms with Crippen molar-refractivity contribution in [2.45, 2.75) is 131 Å². The number of nitrogens with one attached hydrogen (secondary N) is 1. The predicted octanol–water partition coefficient (Wildman–Crippen LogP) is 7.51. The van der Waals surface area contributed by atoms with Crippen LogP contribution in [0.1, 0.15) is 125 Å². The van der Waals surface area contributed by atoms with Crippen molar-refractivity contribution in [1.29, 1.82) is 0 Å². The Balaban J connectivity index is 1.31. The Morgan fingerprint density at radius 2 is 1.74 bits per heavy atom. The van der Waals surface area contributed by atoms with Crippen LogP contribution in [0.3, 0.4) is 0 Å². The Morgan fingerprint density at radius 3 is 2.49 bits per heavy atom. The van der Waals surface area contributed by atoms with E-state index >= 15 is 0 Å². The van der Waals surface area contributed by atoms with Gasteiger partial charge in [-0.3, -0.25) is 0 Å². The van der Waals surface area contributed by atoms with Crippen molar-refractivity contribution >= 4 is 6.09 Å². The lowest BCUT2D eigenvalue weighted by atomic mass is 9.47. The van der Waals surface area contributed by atoms with E-state index in [-0.39, 0.29) is 17.6 Å². The van der Waals surface area contributed by atoms with E-state index in [2.05, 4.69) is 46.0 Å². The van der Waals surface area contributed by atoms with Crippen molar-refractivity contribution in [3.8, 4) is 0 Å². The van der Waals surface area contributed by atoms with Gasteiger partial charge in [-0.25, -0.2) is 4.79 Å². The van der Waals surface area contributed by atoms with Crippen LogP contribution in [-0.4, -0.2) is 56.4 Å². The molecule has 0 aromatic carbocycles. The lowest BCUT2D eigenvalue weighted by molar-refractivity contribution is -0.0593. The Hall–Kier alpha value is -1.11. The highest BCUT2D eigenvalue weighted by atomic mass is 16.6. The number of allylic oxidation sites excluding steroid dienone is 1. The van der Waals surface area contributed by atoms with Gasteiger partial charge < -0.3 is 26.4 Å². The number of hydrogen-bond acceptors (Lipinski definition) is 5. The summed E-state index contributed by atoms with van der Waals surface area (Å²) in [5, 5.41) is 3.42. The summed E-state index contributed by atoms with van der Waals surface area (Å²) in [4.78, 5) is 15.1. The second-order valence-corrected chi connectivity index (χ2v) is 15.9. The topological polar surface area (TPSA) is 93.6 Å². The molecule has 0 spiro atoms. The number of unbranched alkanes of at least 4 members (excludes halogenated alkanes) is 1. The maximum atomic E-state index is 13.2. The minimum atomic E-state index is -0.169. The zero-order valence-corrected chi connectivity index (χ0v) is 28.7. The van der Waals surface area contributed by atoms with Crippen molar-refractivity contribution < 1.29 is 9.53 Å². The number of carbonyl (C=O) groups is 1. The van der Waals surface area contributed by atoms with Gasteiger partial charge in [0.25, 0.3) is 0 Å². The summed E-state index contributed by atoms with van der Waals surface area (Å²) in [7, 11) is 0. The van der Waals surface area contributed by atoms with E-state index in [1.165, 1.54) is 51.4 Å². The summed E-state index contributed by atoms with van der Waals surface area (Å²) in [6.07, 6.45) is 19.6. The van der Waals surface area contributed by atoms with Crippen molar-refractivity contribution in [3.63, 3.8) is 0 Å². The highest BCUT2D eigenvalue weighted by Gasteiger charge is 2.59. The molecule has 4 rings (SSSR count). The molecule has 3 fully saturated rings. The molecule has 248 valence electrons. The lowest BCUT2D eigenvalue weighted by Gasteiger charge is -2.58. The van der Waals surface area contributed by atoms with E-state index in [0.29, 0.717) is 25.0 Å². The van der Waals surface area contributed by atoms with E-state index in [1.54, 1.807) is 5.57 Å². The van der Waals surface area contributed by atoms with E-state index in [9.17, 15) is 4.79 Å². The summed E-state index contributed by atoms with van der Waals surface area (Å²) < 4.78 is 6.18. The Labute approximate surface area is 264 Å². The quantitative estimate of drug-likeness (QED) is 0.126. The highest BCUT2D eigenvalue weighted by Crippen LogP contribution is 2.67. The van der Waals surface area contributed by atoms with Gasteiger partial charge in [-0.05, 0) is 130 Å². The molecule has 6 nitrogen and oxygen atoms in total. The molecule has 0 heterocycles. The van der Waals surface area contributed by atoms with E-state index in [4.69, 9.17) is 16.2 Å². The van der Waals surface area contributed by atoms with Gasteiger partial charge >= 0.3 is 6.09 Å². The van der Waals surface area contributed by atoms with Crippen LogP contribution >= 0.6 is 0 Å². The average Bonchev–Trinajstić information content (AvgIpc) is 3.33. The Morgan fingerprint density at radius 1 is 0.953 bits per heavy atom. The fraction of sp³-hybridized carbons (Fsp3) is 0.919. The van der Waals surface area contributed by atoms with Crippen molar-refractivity contribution in [2.24, 2.45) is 57.8 Å². The van der Waals surface area contributed by atoms with Crippen LogP contribution in [0.25, 0.3) is 0 Å². The molecule has 6 heteroatoms. The Bertz CT molecular complexity index is 907. The zero-order valence-electron chi connectivity index (χ0n) is 28.7. The SMILES string of the molecule is CC(C)CCCC(C)C1CCC2C3CC=C4CC(OC(=O)N(CCN)CCCCNCCCN)CCC4(C)C3CCC12C. The summed E-state index contributed by atoms with van der Waals surface area (Å²) in [6, 6.07) is 0. The molecule has 0 aromatic heterocycles. The maximum Gasteiger partial charge on any atom is 0.410 e. The molecule has 0 aliphatic heterocycles. The molecule has 0 aromatic rings. The molecule has 1 amide bonds. The van der Waals surface area contributed by atoms with Crippen LogP contribution in [0.2, 0.25) is 0 Å². The number of carbonyl (C=O) groups excluding carboxylic acids is 1. The van der Waals surface area contributed by atoms with Crippen LogP contribution in [0.4, 0.5) is 4.79 Å². The van der Waals surface area contributed by atoms with Crippen LogP contribution in [0.5, 0.6) is 0 Å². The largest absolute Gasteiger partial charge is 0.446 e. The second kappa shape index (κ2) is 15.9. The molecule has 3 saturated carbocycles. The first kappa shape index (κ1) is 34.8. The van der Waals surface area contributed by atoms with Gasteiger partial charge in [-0.1, -0.05) is 65.5 Å². The minimum absolute atomic E-state index is 0.00187. The van der Waals surface area contributed by atoms with Crippen molar-refractivity contribution in [1.82, 2.24) is 10.2 Å². The zero-order chi connectivity index (χ0) is 31.0. The monoisotopic (exact) mass is 601 g/mol. The molecule has 0 saturated heterocycles. The van der Waals surface area contributed by atoms with Gasteiger partial charge in [-0.2, -0.15) is 0 Å². The summed E-state index contributed by atoms with van der Waals surface area (Å²) in [5.74, 6) is 5.11.